The van der Waals surface area contributed by atoms with Crippen molar-refractivity contribution in [3.8, 4) is 11.3 Å². The molecule has 8 nitrogen and oxygen atoms in total. The molecule has 0 radical (unpaired) electrons. The maximum atomic E-state index is 13.0. The van der Waals surface area contributed by atoms with E-state index < -0.39 is 11.9 Å². The predicted octanol–water partition coefficient (Wildman–Crippen LogP) is 2.20. The lowest BCUT2D eigenvalue weighted by Crippen LogP contribution is -2.52. The van der Waals surface area contributed by atoms with Gasteiger partial charge >= 0.3 is 0 Å². The SMILES string of the molecule is O=C1CCC(N2Cc3cc(-c4cc(CN5CCC5)c5[nH]ccc5n4)ccc3C2=O)C(=O)N1. The molecule has 162 valence electrons. The molecule has 1 aromatic carbocycles. The van der Waals surface area contributed by atoms with E-state index in [0.29, 0.717) is 18.5 Å². The zero-order chi connectivity index (χ0) is 21.8. The summed E-state index contributed by atoms with van der Waals surface area (Å²) in [5, 5.41) is 2.35. The van der Waals surface area contributed by atoms with Crippen LogP contribution in [0.15, 0.2) is 36.5 Å². The van der Waals surface area contributed by atoms with Crippen LogP contribution in [-0.2, 0) is 22.7 Å². The normalized spacial score (nSPS) is 21.1. The quantitative estimate of drug-likeness (QED) is 0.620. The van der Waals surface area contributed by atoms with Gasteiger partial charge in [0.1, 0.15) is 6.04 Å². The molecule has 2 aromatic heterocycles. The number of likely N-dealkylation sites (tertiary alicyclic amines) is 1. The van der Waals surface area contributed by atoms with Crippen LogP contribution in [0.3, 0.4) is 0 Å². The largest absolute Gasteiger partial charge is 0.360 e. The van der Waals surface area contributed by atoms with E-state index in [9.17, 15) is 14.4 Å². The number of carbonyl (C=O) groups excluding carboxylic acids is 3. The highest BCUT2D eigenvalue weighted by molar-refractivity contribution is 6.05. The minimum atomic E-state index is -0.603. The van der Waals surface area contributed by atoms with Gasteiger partial charge in [-0.05, 0) is 61.3 Å². The number of aromatic amines is 1. The van der Waals surface area contributed by atoms with Gasteiger partial charge in [-0.15, -0.1) is 0 Å². The first-order valence-electron chi connectivity index (χ1n) is 11.0. The molecule has 1 unspecified atom stereocenters. The minimum Gasteiger partial charge on any atom is -0.360 e. The van der Waals surface area contributed by atoms with E-state index in [0.717, 1.165) is 47.5 Å². The van der Waals surface area contributed by atoms with Crippen molar-refractivity contribution in [2.45, 2.75) is 38.4 Å². The fraction of sp³-hybridized carbons (Fsp3) is 0.333. The number of benzene rings is 1. The first-order chi connectivity index (χ1) is 15.6. The third-order valence-electron chi connectivity index (χ3n) is 6.76. The molecule has 0 saturated carbocycles. The first kappa shape index (κ1) is 19.2. The van der Waals surface area contributed by atoms with Crippen LogP contribution in [0.1, 0.15) is 40.7 Å². The van der Waals surface area contributed by atoms with Crippen molar-refractivity contribution >= 4 is 28.8 Å². The van der Waals surface area contributed by atoms with E-state index >= 15 is 0 Å². The second-order valence-corrected chi connectivity index (χ2v) is 8.81. The summed E-state index contributed by atoms with van der Waals surface area (Å²) >= 11 is 0. The number of nitrogens with zero attached hydrogens (tertiary/aromatic N) is 3. The van der Waals surface area contributed by atoms with Crippen molar-refractivity contribution < 1.29 is 14.4 Å². The number of pyridine rings is 1. The zero-order valence-corrected chi connectivity index (χ0v) is 17.6. The molecule has 2 fully saturated rings. The third kappa shape index (κ3) is 3.10. The molecule has 3 aromatic rings. The second-order valence-electron chi connectivity index (χ2n) is 8.81. The van der Waals surface area contributed by atoms with E-state index in [1.165, 1.54) is 12.0 Å². The maximum absolute atomic E-state index is 13.0. The predicted molar refractivity (Wildman–Crippen MR) is 117 cm³/mol. The molecule has 1 atom stereocenters. The van der Waals surface area contributed by atoms with Crippen LogP contribution in [-0.4, -0.2) is 56.6 Å². The summed E-state index contributed by atoms with van der Waals surface area (Å²) in [5.74, 6) is -0.829. The highest BCUT2D eigenvalue weighted by Gasteiger charge is 2.39. The summed E-state index contributed by atoms with van der Waals surface area (Å²) in [7, 11) is 0. The Balaban J connectivity index is 1.32. The fourth-order valence-electron chi connectivity index (χ4n) is 4.90. The number of piperidine rings is 1. The number of hydrogen-bond acceptors (Lipinski definition) is 5. The van der Waals surface area contributed by atoms with Crippen molar-refractivity contribution in [1.29, 1.82) is 0 Å². The molecule has 5 heterocycles. The second kappa shape index (κ2) is 7.27. The van der Waals surface area contributed by atoms with E-state index in [4.69, 9.17) is 4.98 Å². The Morgan fingerprint density at radius 3 is 2.75 bits per heavy atom. The molecule has 0 aliphatic carbocycles. The summed E-state index contributed by atoms with van der Waals surface area (Å²) in [4.78, 5) is 48.9. The minimum absolute atomic E-state index is 0.159. The molecule has 3 aliphatic rings. The highest BCUT2D eigenvalue weighted by Crippen LogP contribution is 2.32. The van der Waals surface area contributed by atoms with E-state index in [2.05, 4.69) is 21.3 Å². The van der Waals surface area contributed by atoms with Gasteiger partial charge in [0.05, 0.1) is 16.7 Å². The van der Waals surface area contributed by atoms with Gasteiger partial charge < -0.3 is 9.88 Å². The van der Waals surface area contributed by atoms with Gasteiger partial charge in [0.25, 0.3) is 5.91 Å². The zero-order valence-electron chi connectivity index (χ0n) is 17.6. The number of amides is 3. The lowest BCUT2D eigenvalue weighted by molar-refractivity contribution is -0.136. The van der Waals surface area contributed by atoms with E-state index in [-0.39, 0.29) is 18.2 Å². The Kier molecular flexibility index (Phi) is 4.36. The van der Waals surface area contributed by atoms with E-state index in [1.807, 2.05) is 30.5 Å². The van der Waals surface area contributed by atoms with Crippen LogP contribution in [0.25, 0.3) is 22.3 Å². The molecule has 3 aliphatic heterocycles. The number of carbonyl (C=O) groups is 3. The van der Waals surface area contributed by atoms with Crippen LogP contribution in [0, 0.1) is 0 Å². The van der Waals surface area contributed by atoms with Crippen molar-refractivity contribution in [3.05, 3.63) is 53.2 Å². The first-order valence-corrected chi connectivity index (χ1v) is 11.0. The number of fused-ring (bicyclic) bond motifs is 2. The van der Waals surface area contributed by atoms with Crippen molar-refractivity contribution in [2.24, 2.45) is 0 Å². The molecule has 2 saturated heterocycles. The van der Waals surface area contributed by atoms with Crippen LogP contribution < -0.4 is 5.32 Å². The lowest BCUT2D eigenvalue weighted by Gasteiger charge is -2.30. The third-order valence-corrected chi connectivity index (χ3v) is 6.76. The summed E-state index contributed by atoms with van der Waals surface area (Å²) in [6, 6.07) is 9.28. The maximum Gasteiger partial charge on any atom is 0.255 e. The Morgan fingerprint density at radius 1 is 1.09 bits per heavy atom. The average molecular weight is 429 g/mol. The topological polar surface area (TPSA) is 98.4 Å². The van der Waals surface area contributed by atoms with Gasteiger partial charge in [-0.1, -0.05) is 6.07 Å². The van der Waals surface area contributed by atoms with Gasteiger partial charge in [0.2, 0.25) is 11.8 Å². The lowest BCUT2D eigenvalue weighted by atomic mass is 10.0. The van der Waals surface area contributed by atoms with Crippen molar-refractivity contribution in [1.82, 2.24) is 25.1 Å². The molecule has 8 heteroatoms. The number of hydrogen-bond donors (Lipinski definition) is 2. The summed E-state index contributed by atoms with van der Waals surface area (Å²) in [6.45, 7) is 3.49. The van der Waals surface area contributed by atoms with Crippen molar-refractivity contribution in [2.75, 3.05) is 13.1 Å². The fourth-order valence-corrected chi connectivity index (χ4v) is 4.90. The molecule has 0 bridgehead atoms. The number of H-pyrrole nitrogens is 1. The molecule has 0 spiro atoms. The van der Waals surface area contributed by atoms with Crippen LogP contribution in [0.5, 0.6) is 0 Å². The molecule has 6 rings (SSSR count). The van der Waals surface area contributed by atoms with Crippen LogP contribution in [0.4, 0.5) is 0 Å². The number of nitrogens with one attached hydrogen (secondary N) is 2. The van der Waals surface area contributed by atoms with Gasteiger partial charge in [0.15, 0.2) is 0 Å². The summed E-state index contributed by atoms with van der Waals surface area (Å²) < 4.78 is 0. The van der Waals surface area contributed by atoms with Gasteiger partial charge in [-0.3, -0.25) is 24.6 Å². The molecule has 32 heavy (non-hydrogen) atoms. The monoisotopic (exact) mass is 429 g/mol. The van der Waals surface area contributed by atoms with Gasteiger partial charge in [0, 0.05) is 36.8 Å². The summed E-state index contributed by atoms with van der Waals surface area (Å²) in [5.41, 5.74) is 6.55. The number of imide groups is 1. The Bertz CT molecular complexity index is 1280. The highest BCUT2D eigenvalue weighted by atomic mass is 16.2. The standard InChI is InChI=1S/C24H23N5O3/c30-21-5-4-20(23(31)27-21)29-13-15-10-14(2-3-17(15)24(29)32)19-11-16(12-28-8-1-9-28)22-18(26-19)6-7-25-22/h2-3,6-7,10-11,20,25H,1,4-5,8-9,12-13H2,(H,27,30,31). The molecular formula is C24H23N5O3. The molecule has 2 N–H and O–H groups in total. The van der Waals surface area contributed by atoms with Crippen LogP contribution in [0.2, 0.25) is 0 Å². The number of aromatic nitrogens is 2. The molecule has 3 amide bonds. The molecular weight excluding hydrogens is 406 g/mol. The average Bonchev–Trinajstić information content (AvgIpc) is 3.35. The number of rotatable bonds is 4. The Morgan fingerprint density at radius 2 is 1.97 bits per heavy atom. The smallest absolute Gasteiger partial charge is 0.255 e. The Hall–Kier alpha value is -3.52. The van der Waals surface area contributed by atoms with Crippen LogP contribution >= 0.6 is 0 Å². The van der Waals surface area contributed by atoms with E-state index in [1.54, 1.807) is 4.90 Å². The Labute approximate surface area is 184 Å². The van der Waals surface area contributed by atoms with Gasteiger partial charge in [-0.25, -0.2) is 4.98 Å². The summed E-state index contributed by atoms with van der Waals surface area (Å²) in [6.07, 6.45) is 3.78. The van der Waals surface area contributed by atoms with Gasteiger partial charge in [-0.2, -0.15) is 0 Å². The van der Waals surface area contributed by atoms with Crippen molar-refractivity contribution in [3.63, 3.8) is 0 Å².